The molecule has 5 rings (SSSR count). The van der Waals surface area contributed by atoms with E-state index in [0.717, 1.165) is 33.5 Å². The molecular formula is C47H60N6O6. The highest BCUT2D eigenvalue weighted by atomic mass is 16.4. The van der Waals surface area contributed by atoms with Crippen LogP contribution >= 0.6 is 0 Å². The van der Waals surface area contributed by atoms with Crippen molar-refractivity contribution in [2.45, 2.75) is 98.0 Å². The average Bonchev–Trinajstić information content (AvgIpc) is 3.52. The van der Waals surface area contributed by atoms with E-state index in [4.69, 9.17) is 0 Å². The number of aryl methyl sites for hydroxylation is 1. The van der Waals surface area contributed by atoms with Crippen LogP contribution in [0.15, 0.2) is 103 Å². The molecule has 59 heavy (non-hydrogen) atoms. The lowest BCUT2D eigenvalue weighted by atomic mass is 9.81. The molecule has 5 unspecified atom stereocenters. The van der Waals surface area contributed by atoms with E-state index in [2.05, 4.69) is 27.0 Å². The van der Waals surface area contributed by atoms with Crippen molar-refractivity contribution in [3.05, 3.63) is 126 Å². The first-order chi connectivity index (χ1) is 27.9. The van der Waals surface area contributed by atoms with Crippen molar-refractivity contribution in [1.82, 2.24) is 30.7 Å². The number of carbonyl (C=O) groups excluding carboxylic acids is 3. The largest absolute Gasteiger partial charge is 0.465 e. The van der Waals surface area contributed by atoms with Gasteiger partial charge in [0.25, 0.3) is 0 Å². The molecule has 0 radical (unpaired) electrons. The van der Waals surface area contributed by atoms with Gasteiger partial charge in [0, 0.05) is 43.9 Å². The van der Waals surface area contributed by atoms with Gasteiger partial charge in [-0.05, 0) is 59.4 Å². The molecule has 0 bridgehead atoms. The number of benzene rings is 3. The zero-order chi connectivity index (χ0) is 42.9. The summed E-state index contributed by atoms with van der Waals surface area (Å²) < 4.78 is 0. The van der Waals surface area contributed by atoms with Crippen LogP contribution < -0.4 is 16.0 Å². The molecule has 1 fully saturated rings. The van der Waals surface area contributed by atoms with Crippen molar-refractivity contribution >= 4 is 23.9 Å². The number of carboxylic acid groups (broad SMARTS) is 1. The van der Waals surface area contributed by atoms with E-state index in [1.165, 1.54) is 0 Å². The SMILES string of the molecule is Cc1cccc(CN2CCN(C(C(=O)NC(C(O)CCNC(=O)C(NC(=O)O)C(C)(C)C)C(Cc3ccc(-c4ccccn4)cc3)c3ccccc3)C(C)(C)C)C2=O)c1. The zero-order valence-electron chi connectivity index (χ0n) is 35.3. The molecule has 1 aromatic heterocycles. The van der Waals surface area contributed by atoms with Gasteiger partial charge in [-0.3, -0.25) is 14.6 Å². The number of carbonyl (C=O) groups is 4. The van der Waals surface area contributed by atoms with E-state index in [1.807, 2.05) is 119 Å². The maximum atomic E-state index is 14.8. The maximum absolute atomic E-state index is 14.8. The number of aliphatic hydroxyl groups is 1. The van der Waals surface area contributed by atoms with Gasteiger partial charge in [-0.1, -0.05) is 132 Å². The number of nitrogens with zero attached hydrogens (tertiary/aromatic N) is 3. The Bertz CT molecular complexity index is 2030. The molecule has 5 atom stereocenters. The van der Waals surface area contributed by atoms with E-state index in [0.29, 0.717) is 26.1 Å². The van der Waals surface area contributed by atoms with Crippen molar-refractivity contribution in [2.24, 2.45) is 10.8 Å². The van der Waals surface area contributed by atoms with Gasteiger partial charge in [-0.2, -0.15) is 0 Å². The lowest BCUT2D eigenvalue weighted by Crippen LogP contribution is -2.59. The summed E-state index contributed by atoms with van der Waals surface area (Å²) in [5.74, 6) is -1.34. The summed E-state index contributed by atoms with van der Waals surface area (Å²) in [7, 11) is 0. The lowest BCUT2D eigenvalue weighted by molar-refractivity contribution is -0.131. The fourth-order valence-electron chi connectivity index (χ4n) is 7.90. The highest BCUT2D eigenvalue weighted by Gasteiger charge is 2.45. The van der Waals surface area contributed by atoms with Crippen LogP contribution in [-0.4, -0.2) is 92.8 Å². The van der Waals surface area contributed by atoms with Crippen LogP contribution in [0.25, 0.3) is 11.3 Å². The standard InChI is InChI=1S/C47H60N6O6/c1-31-14-13-15-33(28-31)30-52-26-27-53(45(52)59)41(47(5,6)7)43(56)50-39(38(54)23-25-49-42(55)40(46(2,3)4)51-44(57)58)36(34-16-9-8-10-17-34)29-32-19-21-35(22-20-32)37-18-11-12-24-48-37/h8-22,24,28,36,38-41,51,54H,23,25-27,29-30H2,1-7H3,(H,49,55)(H,50,56)(H,57,58). The van der Waals surface area contributed by atoms with Crippen molar-refractivity contribution in [1.29, 1.82) is 0 Å². The molecule has 4 aromatic rings. The maximum Gasteiger partial charge on any atom is 0.405 e. The van der Waals surface area contributed by atoms with Gasteiger partial charge in [0.05, 0.1) is 17.8 Å². The van der Waals surface area contributed by atoms with Gasteiger partial charge in [-0.15, -0.1) is 0 Å². The Morgan fingerprint density at radius 3 is 2.10 bits per heavy atom. The van der Waals surface area contributed by atoms with E-state index >= 15 is 0 Å². The first-order valence-corrected chi connectivity index (χ1v) is 20.3. The monoisotopic (exact) mass is 804 g/mol. The summed E-state index contributed by atoms with van der Waals surface area (Å²) in [5, 5.41) is 30.0. The number of urea groups is 1. The molecule has 1 aliphatic heterocycles. The van der Waals surface area contributed by atoms with Crippen molar-refractivity contribution in [2.75, 3.05) is 19.6 Å². The van der Waals surface area contributed by atoms with Crippen molar-refractivity contribution in [3.8, 4) is 11.3 Å². The number of amides is 5. The average molecular weight is 805 g/mol. The Labute approximate surface area is 348 Å². The Balaban J connectivity index is 1.45. The van der Waals surface area contributed by atoms with E-state index in [-0.39, 0.29) is 24.9 Å². The summed E-state index contributed by atoms with van der Waals surface area (Å²) >= 11 is 0. The fourth-order valence-corrected chi connectivity index (χ4v) is 7.90. The number of hydrogen-bond donors (Lipinski definition) is 5. The van der Waals surface area contributed by atoms with Crippen LogP contribution in [0, 0.1) is 17.8 Å². The number of pyridine rings is 1. The quantitative estimate of drug-likeness (QED) is 0.0835. The summed E-state index contributed by atoms with van der Waals surface area (Å²) in [5.41, 5.74) is 4.39. The molecule has 0 spiro atoms. The van der Waals surface area contributed by atoms with Crippen LogP contribution in [0.2, 0.25) is 0 Å². The first-order valence-electron chi connectivity index (χ1n) is 20.3. The molecule has 5 N–H and O–H groups in total. The summed E-state index contributed by atoms with van der Waals surface area (Å²) in [4.78, 5) is 61.6. The molecule has 2 heterocycles. The lowest BCUT2D eigenvalue weighted by Gasteiger charge is -2.39. The van der Waals surface area contributed by atoms with Crippen LogP contribution in [0.5, 0.6) is 0 Å². The van der Waals surface area contributed by atoms with E-state index in [1.54, 1.807) is 36.8 Å². The van der Waals surface area contributed by atoms with Gasteiger partial charge in [0.2, 0.25) is 11.8 Å². The highest BCUT2D eigenvalue weighted by Crippen LogP contribution is 2.32. The molecule has 0 aliphatic carbocycles. The third kappa shape index (κ3) is 11.9. The van der Waals surface area contributed by atoms with Crippen LogP contribution in [-0.2, 0) is 22.6 Å². The van der Waals surface area contributed by atoms with Gasteiger partial charge in [-0.25, -0.2) is 9.59 Å². The Kier molecular flexibility index (Phi) is 14.5. The molecule has 3 aromatic carbocycles. The Morgan fingerprint density at radius 1 is 0.797 bits per heavy atom. The first kappa shape index (κ1) is 44.4. The second-order valence-electron chi connectivity index (χ2n) is 17.7. The molecular weight excluding hydrogens is 745 g/mol. The van der Waals surface area contributed by atoms with Gasteiger partial charge < -0.3 is 36.0 Å². The van der Waals surface area contributed by atoms with E-state index < -0.39 is 53.0 Å². The highest BCUT2D eigenvalue weighted by molar-refractivity contribution is 5.89. The van der Waals surface area contributed by atoms with Crippen LogP contribution in [0.1, 0.15) is 76.1 Å². The third-order valence-corrected chi connectivity index (χ3v) is 10.9. The van der Waals surface area contributed by atoms with Crippen molar-refractivity contribution in [3.63, 3.8) is 0 Å². The van der Waals surface area contributed by atoms with Crippen molar-refractivity contribution < 1.29 is 29.4 Å². The Morgan fingerprint density at radius 2 is 1.49 bits per heavy atom. The number of aliphatic hydroxyl groups excluding tert-OH is 1. The Hall–Kier alpha value is -5.75. The topological polar surface area (TPSA) is 164 Å². The summed E-state index contributed by atoms with van der Waals surface area (Å²) in [6, 6.07) is 28.6. The number of rotatable bonds is 16. The number of hydrogen-bond acceptors (Lipinski definition) is 6. The molecule has 12 nitrogen and oxygen atoms in total. The van der Waals surface area contributed by atoms with Crippen LogP contribution in [0.3, 0.4) is 0 Å². The molecule has 12 heteroatoms. The normalized spacial score (nSPS) is 15.8. The summed E-state index contributed by atoms with van der Waals surface area (Å²) in [6.07, 6.45) is -0.228. The molecule has 314 valence electrons. The van der Waals surface area contributed by atoms with Gasteiger partial charge in [0.15, 0.2) is 0 Å². The third-order valence-electron chi connectivity index (χ3n) is 10.9. The number of aromatic nitrogens is 1. The minimum atomic E-state index is -1.31. The minimum absolute atomic E-state index is 0.0156. The molecule has 0 saturated carbocycles. The van der Waals surface area contributed by atoms with Gasteiger partial charge in [0.1, 0.15) is 12.1 Å². The smallest absolute Gasteiger partial charge is 0.405 e. The van der Waals surface area contributed by atoms with Crippen LogP contribution in [0.4, 0.5) is 9.59 Å². The fraction of sp³-hybridized carbons (Fsp3) is 0.426. The number of nitrogens with one attached hydrogen (secondary N) is 3. The van der Waals surface area contributed by atoms with Gasteiger partial charge >= 0.3 is 12.1 Å². The predicted molar refractivity (Wildman–Crippen MR) is 229 cm³/mol. The second kappa shape index (κ2) is 19.3. The molecule has 5 amide bonds. The molecule has 1 aliphatic rings. The zero-order valence-corrected chi connectivity index (χ0v) is 35.3. The minimum Gasteiger partial charge on any atom is -0.465 e. The second-order valence-corrected chi connectivity index (χ2v) is 17.7. The van der Waals surface area contributed by atoms with E-state index in [9.17, 15) is 29.4 Å². The predicted octanol–water partition coefficient (Wildman–Crippen LogP) is 6.77. The summed E-state index contributed by atoms with van der Waals surface area (Å²) in [6.45, 7) is 14.4. The molecule has 1 saturated heterocycles.